The Labute approximate surface area is 299 Å². The van der Waals surface area contributed by atoms with Gasteiger partial charge in [0.1, 0.15) is 5.82 Å². The van der Waals surface area contributed by atoms with Gasteiger partial charge in [-0.3, -0.25) is 4.57 Å². The number of para-hydroxylation sites is 3. The molecular weight excluding hydrogens is 633 g/mol. The van der Waals surface area contributed by atoms with E-state index in [4.69, 9.17) is 9.97 Å². The first kappa shape index (κ1) is 28.8. The highest BCUT2D eigenvalue weighted by Gasteiger charge is 2.20. The Morgan fingerprint density at radius 1 is 0.327 bits per heavy atom. The molecule has 11 aromatic rings. The third kappa shape index (κ3) is 4.34. The summed E-state index contributed by atoms with van der Waals surface area (Å²) in [5.41, 5.74) is 9.93. The molecule has 8 aromatic carbocycles. The zero-order valence-electron chi connectivity index (χ0n) is 28.1. The first-order valence-corrected chi connectivity index (χ1v) is 17.7. The molecule has 0 fully saturated rings. The predicted octanol–water partition coefficient (Wildman–Crippen LogP) is 12.3. The third-order valence-corrected chi connectivity index (χ3v) is 10.5. The van der Waals surface area contributed by atoms with Crippen molar-refractivity contribution < 1.29 is 0 Å². The van der Waals surface area contributed by atoms with Crippen molar-refractivity contribution in [2.24, 2.45) is 0 Å². The van der Waals surface area contributed by atoms with Gasteiger partial charge >= 0.3 is 0 Å². The number of nitrogens with zero attached hydrogens (tertiary/aromatic N) is 4. The Hall–Kier alpha value is -7.04. The number of rotatable bonds is 4. The van der Waals surface area contributed by atoms with E-state index in [0.717, 1.165) is 44.5 Å². The number of hydrogen-bond donors (Lipinski definition) is 0. The van der Waals surface area contributed by atoms with Crippen LogP contribution in [0.15, 0.2) is 182 Å². The van der Waals surface area contributed by atoms with E-state index in [2.05, 4.69) is 191 Å². The zero-order valence-corrected chi connectivity index (χ0v) is 28.1. The standard InChI is InChI=1S/C48H30N4/c1-3-13-31(14-4-1)34-23-25-38-41-27-32-15-7-8-16-33(32)29-46(41)52(45(38)30-34)48-39-20-9-11-21-42(39)49-47(50-48)35-24-26-44-40(28-35)37-19-10-12-22-43(37)51(44)36-17-5-2-6-18-36/h1-30H. The zero-order chi connectivity index (χ0) is 34.2. The maximum atomic E-state index is 5.49. The molecule has 3 aromatic heterocycles. The molecule has 52 heavy (non-hydrogen) atoms. The van der Waals surface area contributed by atoms with E-state index < -0.39 is 0 Å². The minimum atomic E-state index is 0.696. The second-order valence-corrected chi connectivity index (χ2v) is 13.5. The predicted molar refractivity (Wildman–Crippen MR) is 217 cm³/mol. The monoisotopic (exact) mass is 662 g/mol. The van der Waals surface area contributed by atoms with Gasteiger partial charge in [0.2, 0.25) is 0 Å². The van der Waals surface area contributed by atoms with E-state index in [1.165, 1.54) is 49.0 Å². The fraction of sp³-hybridized carbons (Fsp3) is 0. The SMILES string of the molecule is c1ccc(-c2ccc3c4cc5ccccc5cc4n(-c4nc(-c5ccc6c(c5)c5ccccc5n6-c5ccccc5)nc5ccccc45)c3c2)cc1. The Morgan fingerprint density at radius 3 is 1.79 bits per heavy atom. The van der Waals surface area contributed by atoms with Crippen molar-refractivity contribution in [3.05, 3.63) is 182 Å². The van der Waals surface area contributed by atoms with Crippen LogP contribution in [-0.4, -0.2) is 19.1 Å². The molecule has 242 valence electrons. The van der Waals surface area contributed by atoms with Crippen molar-refractivity contribution in [2.45, 2.75) is 0 Å². The Morgan fingerprint density at radius 2 is 0.942 bits per heavy atom. The molecular formula is C48H30N4. The highest BCUT2D eigenvalue weighted by atomic mass is 15.1. The van der Waals surface area contributed by atoms with E-state index in [0.29, 0.717) is 5.82 Å². The van der Waals surface area contributed by atoms with Gasteiger partial charge in [0.15, 0.2) is 5.82 Å². The molecule has 4 nitrogen and oxygen atoms in total. The molecule has 4 heteroatoms. The number of fused-ring (bicyclic) bond motifs is 8. The molecule has 0 atom stereocenters. The van der Waals surface area contributed by atoms with E-state index >= 15 is 0 Å². The summed E-state index contributed by atoms with van der Waals surface area (Å²) in [6, 6.07) is 64.9. The highest BCUT2D eigenvalue weighted by molar-refractivity contribution is 6.15. The number of hydrogen-bond acceptors (Lipinski definition) is 2. The summed E-state index contributed by atoms with van der Waals surface area (Å²) < 4.78 is 4.70. The highest BCUT2D eigenvalue weighted by Crippen LogP contribution is 2.39. The molecule has 0 aliphatic rings. The molecule has 0 saturated heterocycles. The minimum Gasteiger partial charge on any atom is -0.309 e. The first-order chi connectivity index (χ1) is 25.8. The van der Waals surface area contributed by atoms with Crippen LogP contribution in [0.1, 0.15) is 0 Å². The van der Waals surface area contributed by atoms with Gasteiger partial charge in [0.25, 0.3) is 0 Å². The summed E-state index contributed by atoms with van der Waals surface area (Å²) in [4.78, 5) is 10.7. The van der Waals surface area contributed by atoms with Gasteiger partial charge in [-0.2, -0.15) is 0 Å². The molecule has 0 amide bonds. The maximum Gasteiger partial charge on any atom is 0.162 e. The van der Waals surface area contributed by atoms with E-state index in [1.54, 1.807) is 0 Å². The second kappa shape index (κ2) is 11.2. The van der Waals surface area contributed by atoms with Gasteiger partial charge in [0.05, 0.1) is 27.6 Å². The lowest BCUT2D eigenvalue weighted by Crippen LogP contribution is -2.03. The largest absolute Gasteiger partial charge is 0.309 e. The average molecular weight is 663 g/mol. The van der Waals surface area contributed by atoms with Crippen LogP contribution in [0.25, 0.3) is 99.3 Å². The lowest BCUT2D eigenvalue weighted by Gasteiger charge is -2.13. The summed E-state index contributed by atoms with van der Waals surface area (Å²) in [6.07, 6.45) is 0. The molecule has 0 aliphatic heterocycles. The molecule has 0 saturated carbocycles. The van der Waals surface area contributed by atoms with Gasteiger partial charge in [-0.15, -0.1) is 0 Å². The van der Waals surface area contributed by atoms with Gasteiger partial charge in [-0.05, 0) is 88.6 Å². The van der Waals surface area contributed by atoms with Crippen molar-refractivity contribution >= 4 is 65.3 Å². The maximum absolute atomic E-state index is 5.49. The normalized spacial score (nSPS) is 11.8. The van der Waals surface area contributed by atoms with Crippen LogP contribution in [0, 0.1) is 0 Å². The van der Waals surface area contributed by atoms with Crippen molar-refractivity contribution in [1.29, 1.82) is 0 Å². The molecule has 0 aliphatic carbocycles. The average Bonchev–Trinajstić information content (AvgIpc) is 3.71. The van der Waals surface area contributed by atoms with Gasteiger partial charge < -0.3 is 4.57 Å². The number of benzene rings is 8. The van der Waals surface area contributed by atoms with Gasteiger partial charge in [-0.1, -0.05) is 115 Å². The van der Waals surface area contributed by atoms with Crippen LogP contribution in [0.5, 0.6) is 0 Å². The van der Waals surface area contributed by atoms with Gasteiger partial charge in [0, 0.05) is 38.2 Å². The molecule has 3 heterocycles. The third-order valence-electron chi connectivity index (χ3n) is 10.5. The van der Waals surface area contributed by atoms with Crippen molar-refractivity contribution in [2.75, 3.05) is 0 Å². The lowest BCUT2D eigenvalue weighted by molar-refractivity contribution is 1.08. The summed E-state index contributed by atoms with van der Waals surface area (Å²) in [5, 5.41) is 8.19. The van der Waals surface area contributed by atoms with Gasteiger partial charge in [-0.25, -0.2) is 9.97 Å². The summed E-state index contributed by atoms with van der Waals surface area (Å²) in [6.45, 7) is 0. The Bertz CT molecular complexity index is 3170. The minimum absolute atomic E-state index is 0.696. The van der Waals surface area contributed by atoms with Crippen LogP contribution >= 0.6 is 0 Å². The van der Waals surface area contributed by atoms with Crippen LogP contribution in [0.2, 0.25) is 0 Å². The molecule has 0 N–H and O–H groups in total. The molecule has 0 bridgehead atoms. The van der Waals surface area contributed by atoms with Crippen LogP contribution < -0.4 is 0 Å². The number of aromatic nitrogens is 4. The smallest absolute Gasteiger partial charge is 0.162 e. The second-order valence-electron chi connectivity index (χ2n) is 13.5. The van der Waals surface area contributed by atoms with Crippen molar-refractivity contribution in [3.63, 3.8) is 0 Å². The Kier molecular flexibility index (Phi) is 6.22. The molecule has 0 unspecified atom stereocenters. The first-order valence-electron chi connectivity index (χ1n) is 17.7. The van der Waals surface area contributed by atoms with E-state index in [-0.39, 0.29) is 0 Å². The Balaban J connectivity index is 1.21. The summed E-state index contributed by atoms with van der Waals surface area (Å²) in [5.74, 6) is 1.56. The summed E-state index contributed by atoms with van der Waals surface area (Å²) >= 11 is 0. The topological polar surface area (TPSA) is 35.6 Å². The fourth-order valence-corrected chi connectivity index (χ4v) is 8.07. The molecule has 0 radical (unpaired) electrons. The van der Waals surface area contributed by atoms with E-state index in [9.17, 15) is 0 Å². The van der Waals surface area contributed by atoms with Crippen molar-refractivity contribution in [3.8, 4) is 34.0 Å². The van der Waals surface area contributed by atoms with Crippen LogP contribution in [-0.2, 0) is 0 Å². The quantitative estimate of drug-likeness (QED) is 0.188. The van der Waals surface area contributed by atoms with Crippen molar-refractivity contribution in [1.82, 2.24) is 19.1 Å². The fourth-order valence-electron chi connectivity index (χ4n) is 8.07. The summed E-state index contributed by atoms with van der Waals surface area (Å²) in [7, 11) is 0. The van der Waals surface area contributed by atoms with Crippen LogP contribution in [0.3, 0.4) is 0 Å². The molecule has 11 rings (SSSR count). The van der Waals surface area contributed by atoms with Crippen LogP contribution in [0.4, 0.5) is 0 Å². The molecule has 0 spiro atoms. The van der Waals surface area contributed by atoms with E-state index in [1.807, 2.05) is 0 Å². The lowest BCUT2D eigenvalue weighted by atomic mass is 10.0.